The molecule has 0 unspecified atom stereocenters. The number of benzene rings is 2. The molecule has 29 heavy (non-hydrogen) atoms. The summed E-state index contributed by atoms with van der Waals surface area (Å²) in [5.74, 6) is -1.45. The van der Waals surface area contributed by atoms with Crippen LogP contribution in [0.4, 0.5) is 16.2 Å². The van der Waals surface area contributed by atoms with Gasteiger partial charge in [0.1, 0.15) is 12.1 Å². The van der Waals surface area contributed by atoms with Gasteiger partial charge in [-0.2, -0.15) is 0 Å². The molecule has 3 N–H and O–H groups in total. The first-order valence-electron chi connectivity index (χ1n) is 9.08. The SMILES string of the molecule is Cc1cccc(NC(=O)c2ccccc2NC(=O)CN2C(=O)NC(C)(C)C2=O)c1. The predicted octanol–water partition coefficient (Wildman–Crippen LogP) is 2.52. The van der Waals surface area contributed by atoms with Gasteiger partial charge >= 0.3 is 6.03 Å². The average molecular weight is 394 g/mol. The number of carbonyl (C=O) groups excluding carboxylic acids is 4. The Morgan fingerprint density at radius 1 is 1.03 bits per heavy atom. The third-order valence-electron chi connectivity index (χ3n) is 4.47. The number of rotatable bonds is 5. The molecule has 8 nitrogen and oxygen atoms in total. The van der Waals surface area contributed by atoms with Crippen LogP contribution >= 0.6 is 0 Å². The van der Waals surface area contributed by atoms with Crippen molar-refractivity contribution in [1.29, 1.82) is 0 Å². The molecular formula is C21H22N4O4. The first kappa shape index (κ1) is 20.1. The van der Waals surface area contributed by atoms with Crippen LogP contribution in [0.15, 0.2) is 48.5 Å². The lowest BCUT2D eigenvalue weighted by Gasteiger charge is -2.16. The van der Waals surface area contributed by atoms with Crippen LogP contribution in [0.25, 0.3) is 0 Å². The van der Waals surface area contributed by atoms with Crippen LogP contribution in [0.5, 0.6) is 0 Å². The summed E-state index contributed by atoms with van der Waals surface area (Å²) in [6.07, 6.45) is 0. The molecule has 5 amide bonds. The van der Waals surface area contributed by atoms with Gasteiger partial charge in [0, 0.05) is 5.69 Å². The summed E-state index contributed by atoms with van der Waals surface area (Å²) in [5, 5.41) is 7.92. The Morgan fingerprint density at radius 2 is 1.76 bits per heavy atom. The van der Waals surface area contributed by atoms with Gasteiger partial charge in [0.15, 0.2) is 0 Å². The average Bonchev–Trinajstić information content (AvgIpc) is 2.83. The van der Waals surface area contributed by atoms with Crippen LogP contribution in [0.1, 0.15) is 29.8 Å². The predicted molar refractivity (Wildman–Crippen MR) is 109 cm³/mol. The highest BCUT2D eigenvalue weighted by molar-refractivity contribution is 6.12. The van der Waals surface area contributed by atoms with Crippen molar-refractivity contribution in [3.8, 4) is 0 Å². The minimum Gasteiger partial charge on any atom is -0.324 e. The summed E-state index contributed by atoms with van der Waals surface area (Å²) >= 11 is 0. The molecule has 2 aromatic carbocycles. The van der Waals surface area contributed by atoms with E-state index in [1.807, 2.05) is 25.1 Å². The lowest BCUT2D eigenvalue weighted by molar-refractivity contribution is -0.132. The normalized spacial score (nSPS) is 15.1. The second-order valence-electron chi connectivity index (χ2n) is 7.36. The van der Waals surface area contributed by atoms with Crippen molar-refractivity contribution < 1.29 is 19.2 Å². The second-order valence-corrected chi connectivity index (χ2v) is 7.36. The lowest BCUT2D eigenvalue weighted by atomic mass is 10.1. The van der Waals surface area contributed by atoms with Gasteiger partial charge in [-0.3, -0.25) is 19.3 Å². The lowest BCUT2D eigenvalue weighted by Crippen LogP contribution is -2.41. The van der Waals surface area contributed by atoms with Gasteiger partial charge in [-0.15, -0.1) is 0 Å². The highest BCUT2D eigenvalue weighted by Crippen LogP contribution is 2.20. The molecule has 2 aromatic rings. The second kappa shape index (κ2) is 7.75. The summed E-state index contributed by atoms with van der Waals surface area (Å²) < 4.78 is 0. The van der Waals surface area contributed by atoms with E-state index in [-0.39, 0.29) is 17.2 Å². The third kappa shape index (κ3) is 4.43. The van der Waals surface area contributed by atoms with Crippen LogP contribution < -0.4 is 16.0 Å². The standard InChI is InChI=1S/C21H22N4O4/c1-13-7-6-8-14(11-13)22-18(27)15-9-4-5-10-16(15)23-17(26)12-25-19(28)21(2,3)24-20(25)29/h4-11H,12H2,1-3H3,(H,22,27)(H,23,26)(H,24,29). The fourth-order valence-corrected chi connectivity index (χ4v) is 3.01. The molecule has 150 valence electrons. The molecule has 0 bridgehead atoms. The fraction of sp³-hybridized carbons (Fsp3) is 0.238. The number of urea groups is 1. The molecule has 0 aliphatic carbocycles. The summed E-state index contributed by atoms with van der Waals surface area (Å²) in [5.41, 5.74) is 1.13. The Labute approximate surface area is 168 Å². The Kier molecular flexibility index (Phi) is 5.36. The highest BCUT2D eigenvalue weighted by Gasteiger charge is 2.44. The van der Waals surface area contributed by atoms with E-state index in [2.05, 4.69) is 16.0 Å². The largest absolute Gasteiger partial charge is 0.325 e. The molecule has 1 heterocycles. The van der Waals surface area contributed by atoms with Crippen molar-refractivity contribution >= 4 is 35.1 Å². The van der Waals surface area contributed by atoms with Crippen molar-refractivity contribution in [2.75, 3.05) is 17.2 Å². The molecule has 1 fully saturated rings. The molecule has 1 saturated heterocycles. The van der Waals surface area contributed by atoms with Crippen LogP contribution in [-0.2, 0) is 9.59 Å². The topological polar surface area (TPSA) is 108 Å². The Balaban J connectivity index is 1.72. The maximum Gasteiger partial charge on any atom is 0.325 e. The van der Waals surface area contributed by atoms with Gasteiger partial charge in [-0.05, 0) is 50.6 Å². The summed E-state index contributed by atoms with van der Waals surface area (Å²) in [4.78, 5) is 50.1. The van der Waals surface area contributed by atoms with E-state index in [0.717, 1.165) is 10.5 Å². The van der Waals surface area contributed by atoms with Crippen LogP contribution in [-0.4, -0.2) is 40.7 Å². The maximum absolute atomic E-state index is 12.7. The van der Waals surface area contributed by atoms with E-state index >= 15 is 0 Å². The van der Waals surface area contributed by atoms with Gasteiger partial charge in [-0.1, -0.05) is 24.3 Å². The van der Waals surface area contributed by atoms with E-state index in [9.17, 15) is 19.2 Å². The molecule has 0 atom stereocenters. The van der Waals surface area contributed by atoms with Crippen molar-refractivity contribution in [3.63, 3.8) is 0 Å². The van der Waals surface area contributed by atoms with Crippen molar-refractivity contribution in [3.05, 3.63) is 59.7 Å². The molecular weight excluding hydrogens is 372 g/mol. The number of anilines is 2. The third-order valence-corrected chi connectivity index (χ3v) is 4.47. The van der Waals surface area contributed by atoms with Gasteiger partial charge in [0.2, 0.25) is 5.91 Å². The first-order valence-corrected chi connectivity index (χ1v) is 9.08. The number of hydrogen-bond acceptors (Lipinski definition) is 4. The zero-order valence-corrected chi connectivity index (χ0v) is 16.4. The van der Waals surface area contributed by atoms with Crippen LogP contribution in [0.3, 0.4) is 0 Å². The van der Waals surface area contributed by atoms with Crippen molar-refractivity contribution in [2.24, 2.45) is 0 Å². The number of aryl methyl sites for hydroxylation is 1. The van der Waals surface area contributed by atoms with Gasteiger partial charge in [0.05, 0.1) is 11.3 Å². The van der Waals surface area contributed by atoms with E-state index in [4.69, 9.17) is 0 Å². The maximum atomic E-state index is 12.7. The van der Waals surface area contributed by atoms with Gasteiger partial charge in [0.25, 0.3) is 11.8 Å². The number of carbonyl (C=O) groups is 4. The summed E-state index contributed by atoms with van der Waals surface area (Å²) in [6, 6.07) is 13.2. The minimum absolute atomic E-state index is 0.264. The molecule has 0 saturated carbocycles. The zero-order valence-electron chi connectivity index (χ0n) is 16.4. The van der Waals surface area contributed by atoms with Crippen LogP contribution in [0, 0.1) is 6.92 Å². The minimum atomic E-state index is -1.05. The molecule has 1 aliphatic rings. The van der Waals surface area contributed by atoms with Gasteiger partial charge < -0.3 is 16.0 Å². The molecule has 0 aromatic heterocycles. The molecule has 0 radical (unpaired) electrons. The Bertz CT molecular complexity index is 1000. The number of nitrogens with zero attached hydrogens (tertiary/aromatic N) is 1. The fourth-order valence-electron chi connectivity index (χ4n) is 3.01. The first-order chi connectivity index (χ1) is 13.7. The number of para-hydroxylation sites is 1. The number of hydrogen-bond donors (Lipinski definition) is 3. The number of imide groups is 1. The smallest absolute Gasteiger partial charge is 0.324 e. The number of nitrogens with one attached hydrogen (secondary N) is 3. The van der Waals surface area contributed by atoms with E-state index < -0.39 is 29.9 Å². The molecule has 1 aliphatic heterocycles. The number of amides is 5. The Hall–Kier alpha value is -3.68. The molecule has 8 heteroatoms. The Morgan fingerprint density at radius 3 is 2.41 bits per heavy atom. The van der Waals surface area contributed by atoms with Crippen LogP contribution in [0.2, 0.25) is 0 Å². The van der Waals surface area contributed by atoms with Crippen molar-refractivity contribution in [2.45, 2.75) is 26.3 Å². The summed E-state index contributed by atoms with van der Waals surface area (Å²) in [7, 11) is 0. The van der Waals surface area contributed by atoms with Gasteiger partial charge in [-0.25, -0.2) is 4.79 Å². The highest BCUT2D eigenvalue weighted by atomic mass is 16.2. The monoisotopic (exact) mass is 394 g/mol. The molecule has 0 spiro atoms. The van der Waals surface area contributed by atoms with E-state index in [0.29, 0.717) is 5.69 Å². The van der Waals surface area contributed by atoms with Crippen molar-refractivity contribution in [1.82, 2.24) is 10.2 Å². The van der Waals surface area contributed by atoms with E-state index in [1.165, 1.54) is 0 Å². The van der Waals surface area contributed by atoms with E-state index in [1.54, 1.807) is 44.2 Å². The summed E-state index contributed by atoms with van der Waals surface area (Å²) in [6.45, 7) is 4.61. The quantitative estimate of drug-likeness (QED) is 0.677. The molecule has 3 rings (SSSR count). The zero-order chi connectivity index (χ0) is 21.2.